The minimum Gasteiger partial charge on any atom is -0.478 e. The van der Waals surface area contributed by atoms with Crippen LogP contribution in [0.15, 0.2) is 18.2 Å². The summed E-state index contributed by atoms with van der Waals surface area (Å²) in [5.74, 6) is -0.871. The van der Waals surface area contributed by atoms with Gasteiger partial charge >= 0.3 is 5.97 Å². The number of aryl methyl sites for hydroxylation is 1. The van der Waals surface area contributed by atoms with Crippen LogP contribution in [0.3, 0.4) is 0 Å². The van der Waals surface area contributed by atoms with Crippen LogP contribution in [0.25, 0.3) is 10.9 Å². The van der Waals surface area contributed by atoms with Gasteiger partial charge in [-0.2, -0.15) is 0 Å². The highest BCUT2D eigenvalue weighted by molar-refractivity contribution is 5.99. The molecule has 0 amide bonds. The summed E-state index contributed by atoms with van der Waals surface area (Å²) in [5, 5.41) is 14.4. The van der Waals surface area contributed by atoms with Crippen molar-refractivity contribution in [1.29, 1.82) is 0 Å². The molecule has 2 aliphatic rings. The Balaban J connectivity index is 1.63. The van der Waals surface area contributed by atoms with Gasteiger partial charge in [-0.05, 0) is 55.9 Å². The molecule has 0 radical (unpaired) electrons. The topological polar surface area (TPSA) is 62.2 Å². The predicted octanol–water partition coefficient (Wildman–Crippen LogP) is 6.51. The lowest BCUT2D eigenvalue weighted by Crippen LogP contribution is -2.21. The van der Waals surface area contributed by atoms with Gasteiger partial charge in [-0.15, -0.1) is 0 Å². The SMILES string of the molecule is O=C(O)c1ccc2nc3c(c(NC4CCCCCCCCCCC4)c2c1)CCC3. The minimum atomic E-state index is -0.871. The van der Waals surface area contributed by atoms with Crippen molar-refractivity contribution in [3.05, 3.63) is 35.0 Å². The molecule has 1 saturated carbocycles. The van der Waals surface area contributed by atoms with Crippen molar-refractivity contribution in [2.24, 2.45) is 0 Å². The van der Waals surface area contributed by atoms with Crippen LogP contribution in [0.2, 0.25) is 0 Å². The van der Waals surface area contributed by atoms with Crippen LogP contribution in [-0.2, 0) is 12.8 Å². The van der Waals surface area contributed by atoms with Gasteiger partial charge in [0.05, 0.1) is 11.1 Å². The lowest BCUT2D eigenvalue weighted by molar-refractivity contribution is 0.0697. The van der Waals surface area contributed by atoms with Crippen molar-refractivity contribution in [2.45, 2.75) is 95.9 Å². The quantitative estimate of drug-likeness (QED) is 0.623. The summed E-state index contributed by atoms with van der Waals surface area (Å²) < 4.78 is 0. The fraction of sp³-hybridized carbons (Fsp3) is 0.600. The number of hydrogen-bond donors (Lipinski definition) is 2. The summed E-state index contributed by atoms with van der Waals surface area (Å²) in [5.41, 5.74) is 4.97. The van der Waals surface area contributed by atoms with Crippen molar-refractivity contribution in [3.63, 3.8) is 0 Å². The molecule has 2 aromatic rings. The molecular weight excluding hydrogens is 360 g/mol. The number of rotatable bonds is 3. The van der Waals surface area contributed by atoms with Crippen LogP contribution in [0.1, 0.15) is 98.7 Å². The molecule has 4 heteroatoms. The Hall–Kier alpha value is -2.10. The molecule has 0 aliphatic heterocycles. The third-order valence-electron chi connectivity index (χ3n) is 6.71. The first-order valence-corrected chi connectivity index (χ1v) is 11.7. The molecule has 0 unspecified atom stereocenters. The maximum atomic E-state index is 11.6. The minimum absolute atomic E-state index is 0.346. The van der Waals surface area contributed by atoms with E-state index in [-0.39, 0.29) is 0 Å². The molecule has 29 heavy (non-hydrogen) atoms. The molecule has 0 atom stereocenters. The highest BCUT2D eigenvalue weighted by atomic mass is 16.4. The normalized spacial score (nSPS) is 19.3. The van der Waals surface area contributed by atoms with E-state index in [4.69, 9.17) is 4.98 Å². The van der Waals surface area contributed by atoms with E-state index in [0.29, 0.717) is 11.6 Å². The highest BCUT2D eigenvalue weighted by Crippen LogP contribution is 2.36. The number of pyridine rings is 1. The third-order valence-corrected chi connectivity index (χ3v) is 6.71. The molecule has 1 aromatic heterocycles. The van der Waals surface area contributed by atoms with Gasteiger partial charge in [0.2, 0.25) is 0 Å². The number of carboxylic acid groups (broad SMARTS) is 1. The Bertz CT molecular complexity index is 850. The number of carboxylic acids is 1. The third kappa shape index (κ3) is 4.91. The zero-order chi connectivity index (χ0) is 20.1. The van der Waals surface area contributed by atoms with E-state index >= 15 is 0 Å². The van der Waals surface area contributed by atoms with Gasteiger partial charge in [-0.1, -0.05) is 57.8 Å². The number of aromatic nitrogens is 1. The second-order valence-electron chi connectivity index (χ2n) is 8.90. The fourth-order valence-corrected chi connectivity index (χ4v) is 5.07. The number of benzene rings is 1. The summed E-state index contributed by atoms with van der Waals surface area (Å²) in [6, 6.07) is 5.85. The van der Waals surface area contributed by atoms with Crippen LogP contribution in [0.4, 0.5) is 5.69 Å². The first kappa shape index (κ1) is 20.2. The average molecular weight is 395 g/mol. The van der Waals surface area contributed by atoms with Crippen LogP contribution in [-0.4, -0.2) is 22.1 Å². The number of carbonyl (C=O) groups is 1. The molecular formula is C25H34N2O2. The molecule has 0 spiro atoms. The standard InChI is InChI=1S/C25H34N2O2/c28-25(29)18-15-16-23-21(17-18)24(20-13-10-14-22(20)27-23)26-19-11-8-6-4-2-1-3-5-7-9-12-19/h15-17,19H,1-14H2,(H,26,27)(H,28,29). The number of anilines is 1. The van der Waals surface area contributed by atoms with Crippen molar-refractivity contribution < 1.29 is 9.90 Å². The smallest absolute Gasteiger partial charge is 0.335 e. The highest BCUT2D eigenvalue weighted by Gasteiger charge is 2.22. The molecule has 2 aliphatic carbocycles. The number of hydrogen-bond acceptors (Lipinski definition) is 3. The number of fused-ring (bicyclic) bond motifs is 2. The Morgan fingerprint density at radius 3 is 2.21 bits per heavy atom. The maximum Gasteiger partial charge on any atom is 0.335 e. The predicted molar refractivity (Wildman–Crippen MR) is 119 cm³/mol. The first-order valence-electron chi connectivity index (χ1n) is 11.7. The van der Waals surface area contributed by atoms with Gasteiger partial charge in [0.1, 0.15) is 0 Å². The lowest BCUT2D eigenvalue weighted by Gasteiger charge is -2.24. The first-order chi connectivity index (χ1) is 14.2. The number of nitrogens with one attached hydrogen (secondary N) is 1. The molecule has 4 rings (SSSR count). The van der Waals surface area contributed by atoms with E-state index in [1.165, 1.54) is 87.6 Å². The summed E-state index contributed by atoms with van der Waals surface area (Å²) in [6.45, 7) is 0. The molecule has 1 heterocycles. The second kappa shape index (κ2) is 9.60. The summed E-state index contributed by atoms with van der Waals surface area (Å²) in [6.07, 6.45) is 17.8. The maximum absolute atomic E-state index is 11.6. The van der Waals surface area contributed by atoms with Gasteiger partial charge < -0.3 is 10.4 Å². The molecule has 0 saturated heterocycles. The van der Waals surface area contributed by atoms with Gasteiger partial charge in [0.15, 0.2) is 0 Å². The van der Waals surface area contributed by atoms with Crippen molar-refractivity contribution in [2.75, 3.05) is 5.32 Å². The van der Waals surface area contributed by atoms with Crippen LogP contribution < -0.4 is 5.32 Å². The van der Waals surface area contributed by atoms with E-state index in [1.807, 2.05) is 12.1 Å². The van der Waals surface area contributed by atoms with Crippen molar-refractivity contribution >= 4 is 22.6 Å². The largest absolute Gasteiger partial charge is 0.478 e. The molecule has 156 valence electrons. The summed E-state index contributed by atoms with van der Waals surface area (Å²) in [7, 11) is 0. The molecule has 4 nitrogen and oxygen atoms in total. The van der Waals surface area contributed by atoms with E-state index in [9.17, 15) is 9.90 Å². The van der Waals surface area contributed by atoms with Crippen molar-refractivity contribution in [3.8, 4) is 0 Å². The fourth-order valence-electron chi connectivity index (χ4n) is 5.07. The number of aromatic carboxylic acids is 1. The van der Waals surface area contributed by atoms with Crippen LogP contribution >= 0.6 is 0 Å². The van der Waals surface area contributed by atoms with E-state index in [0.717, 1.165) is 30.2 Å². The summed E-state index contributed by atoms with van der Waals surface area (Å²) in [4.78, 5) is 16.4. The van der Waals surface area contributed by atoms with Gasteiger partial charge in [-0.25, -0.2) is 4.79 Å². The lowest BCUT2D eigenvalue weighted by atomic mass is 9.96. The monoisotopic (exact) mass is 394 g/mol. The molecule has 1 aromatic carbocycles. The van der Waals surface area contributed by atoms with E-state index in [1.54, 1.807) is 6.07 Å². The number of nitrogens with zero attached hydrogens (tertiary/aromatic N) is 1. The zero-order valence-corrected chi connectivity index (χ0v) is 17.5. The Labute approximate surface area is 174 Å². The zero-order valence-electron chi connectivity index (χ0n) is 17.5. The van der Waals surface area contributed by atoms with Crippen LogP contribution in [0.5, 0.6) is 0 Å². The van der Waals surface area contributed by atoms with E-state index < -0.39 is 5.97 Å². The van der Waals surface area contributed by atoms with Gasteiger partial charge in [-0.3, -0.25) is 4.98 Å². The Morgan fingerprint density at radius 2 is 1.55 bits per heavy atom. The average Bonchev–Trinajstić information content (AvgIpc) is 3.17. The van der Waals surface area contributed by atoms with Crippen LogP contribution in [0, 0.1) is 0 Å². The van der Waals surface area contributed by atoms with Gasteiger partial charge in [0, 0.05) is 22.8 Å². The molecule has 1 fully saturated rings. The Morgan fingerprint density at radius 1 is 0.897 bits per heavy atom. The van der Waals surface area contributed by atoms with Crippen molar-refractivity contribution in [1.82, 2.24) is 4.98 Å². The summed E-state index contributed by atoms with van der Waals surface area (Å²) >= 11 is 0. The van der Waals surface area contributed by atoms with Gasteiger partial charge in [0.25, 0.3) is 0 Å². The van der Waals surface area contributed by atoms with E-state index in [2.05, 4.69) is 5.32 Å². The second-order valence-corrected chi connectivity index (χ2v) is 8.90. The molecule has 0 bridgehead atoms. The molecule has 2 N–H and O–H groups in total. The Kier molecular flexibility index (Phi) is 6.68.